The Morgan fingerprint density at radius 2 is 2.50 bits per heavy atom. The maximum atomic E-state index is 11.3. The minimum absolute atomic E-state index is 0.0416. The van der Waals surface area contributed by atoms with E-state index < -0.39 is 0 Å². The maximum Gasteiger partial charge on any atom is 0.308 e. The van der Waals surface area contributed by atoms with E-state index in [1.807, 2.05) is 0 Å². The lowest BCUT2D eigenvalue weighted by atomic mass is 9.99. The summed E-state index contributed by atoms with van der Waals surface area (Å²) in [4.78, 5) is 11.3. The lowest BCUT2D eigenvalue weighted by Gasteiger charge is -2.34. The molecular weight excluding hydrogens is 182 g/mol. The second-order valence-corrected chi connectivity index (χ2v) is 4.17. The fourth-order valence-electron chi connectivity index (χ4n) is 2.46. The van der Waals surface area contributed by atoms with Gasteiger partial charge < -0.3 is 14.8 Å². The predicted molar refractivity (Wildman–Crippen MR) is 50.9 cm³/mol. The van der Waals surface area contributed by atoms with Crippen molar-refractivity contribution in [3.05, 3.63) is 0 Å². The van der Waals surface area contributed by atoms with Gasteiger partial charge in [0.25, 0.3) is 0 Å². The smallest absolute Gasteiger partial charge is 0.308 e. The Morgan fingerprint density at radius 3 is 3.14 bits per heavy atom. The molecule has 1 aliphatic carbocycles. The second-order valence-electron chi connectivity index (χ2n) is 4.17. The number of hydrogen-bond donors (Lipinski definition) is 1. The highest BCUT2D eigenvalue weighted by Crippen LogP contribution is 2.38. The van der Waals surface area contributed by atoms with Crippen LogP contribution in [0.1, 0.15) is 19.3 Å². The Bertz CT molecular complexity index is 223. The molecule has 1 aliphatic heterocycles. The average molecular weight is 199 g/mol. The summed E-state index contributed by atoms with van der Waals surface area (Å²) in [5, 5.41) is 3.32. The summed E-state index contributed by atoms with van der Waals surface area (Å²) in [5.74, 6) is -0.0454. The number of carbonyl (C=O) groups excluding carboxylic acids is 1. The van der Waals surface area contributed by atoms with E-state index in [1.165, 1.54) is 7.11 Å². The van der Waals surface area contributed by atoms with Gasteiger partial charge >= 0.3 is 5.97 Å². The van der Waals surface area contributed by atoms with Gasteiger partial charge in [0.2, 0.25) is 0 Å². The third kappa shape index (κ3) is 1.77. The third-order valence-corrected chi connectivity index (χ3v) is 3.24. The lowest BCUT2D eigenvalue weighted by Crippen LogP contribution is -2.48. The average Bonchev–Trinajstić information content (AvgIpc) is 2.62. The zero-order chi connectivity index (χ0) is 10.0. The van der Waals surface area contributed by atoms with E-state index in [9.17, 15) is 4.79 Å². The first-order chi connectivity index (χ1) is 6.76. The number of carbonyl (C=O) groups is 1. The van der Waals surface area contributed by atoms with Gasteiger partial charge in [0.15, 0.2) is 0 Å². The topological polar surface area (TPSA) is 47.6 Å². The largest absolute Gasteiger partial charge is 0.469 e. The Morgan fingerprint density at radius 1 is 1.64 bits per heavy atom. The molecule has 1 saturated carbocycles. The van der Waals surface area contributed by atoms with Crippen molar-refractivity contribution in [1.29, 1.82) is 0 Å². The van der Waals surface area contributed by atoms with E-state index in [-0.39, 0.29) is 17.5 Å². The van der Waals surface area contributed by atoms with Crippen molar-refractivity contribution in [3.8, 4) is 0 Å². The van der Waals surface area contributed by atoms with Gasteiger partial charge in [-0.3, -0.25) is 4.79 Å². The summed E-state index contributed by atoms with van der Waals surface area (Å²) >= 11 is 0. The Labute approximate surface area is 84.0 Å². The molecule has 14 heavy (non-hydrogen) atoms. The maximum absolute atomic E-state index is 11.3. The number of hydrogen-bond acceptors (Lipinski definition) is 4. The van der Waals surface area contributed by atoms with Crippen molar-refractivity contribution in [2.75, 3.05) is 26.8 Å². The molecule has 2 rings (SSSR count). The molecule has 1 heterocycles. The van der Waals surface area contributed by atoms with Gasteiger partial charge in [-0.25, -0.2) is 0 Å². The fourth-order valence-corrected chi connectivity index (χ4v) is 2.46. The van der Waals surface area contributed by atoms with Crippen LogP contribution in [0.3, 0.4) is 0 Å². The van der Waals surface area contributed by atoms with Crippen LogP contribution in [0.15, 0.2) is 0 Å². The normalized spacial score (nSPS) is 37.4. The monoisotopic (exact) mass is 199 g/mol. The summed E-state index contributed by atoms with van der Waals surface area (Å²) < 4.78 is 10.5. The van der Waals surface area contributed by atoms with Gasteiger partial charge in [-0.2, -0.15) is 0 Å². The van der Waals surface area contributed by atoms with Crippen molar-refractivity contribution < 1.29 is 14.3 Å². The van der Waals surface area contributed by atoms with Crippen molar-refractivity contribution in [3.63, 3.8) is 0 Å². The van der Waals surface area contributed by atoms with Crippen LogP contribution in [0, 0.1) is 5.92 Å². The molecule has 80 valence electrons. The van der Waals surface area contributed by atoms with Crippen LogP contribution in [0.5, 0.6) is 0 Å². The molecule has 0 radical (unpaired) electrons. The van der Waals surface area contributed by atoms with Gasteiger partial charge in [-0.15, -0.1) is 0 Å². The minimum atomic E-state index is -0.0870. The van der Waals surface area contributed by atoms with Crippen LogP contribution in [0.25, 0.3) is 0 Å². The molecular formula is C10H17NO3. The highest BCUT2D eigenvalue weighted by Gasteiger charge is 2.44. The number of nitrogens with one attached hydrogen (secondary N) is 1. The van der Waals surface area contributed by atoms with Crippen LogP contribution < -0.4 is 5.32 Å². The number of esters is 1. The molecule has 0 bridgehead atoms. The molecule has 1 spiro atoms. The van der Waals surface area contributed by atoms with Crippen LogP contribution in [-0.4, -0.2) is 38.4 Å². The number of morpholine rings is 1. The summed E-state index contributed by atoms with van der Waals surface area (Å²) in [7, 11) is 1.45. The van der Waals surface area contributed by atoms with Crippen molar-refractivity contribution in [2.45, 2.75) is 24.9 Å². The number of methoxy groups -OCH3 is 1. The Kier molecular flexibility index (Phi) is 2.74. The summed E-state index contributed by atoms with van der Waals surface area (Å²) in [6.45, 7) is 2.55. The Hall–Kier alpha value is -0.610. The van der Waals surface area contributed by atoms with Gasteiger partial charge in [-0.05, 0) is 19.3 Å². The molecule has 4 nitrogen and oxygen atoms in total. The lowest BCUT2D eigenvalue weighted by molar-refractivity contribution is -0.146. The first-order valence-corrected chi connectivity index (χ1v) is 5.18. The van der Waals surface area contributed by atoms with E-state index >= 15 is 0 Å². The standard InChI is InChI=1S/C10H17NO3/c1-13-9(12)8-2-3-10(6-8)7-11-4-5-14-10/h8,11H,2-7H2,1H3. The summed E-state index contributed by atoms with van der Waals surface area (Å²) in [5.41, 5.74) is -0.0862. The van der Waals surface area contributed by atoms with Crippen molar-refractivity contribution in [1.82, 2.24) is 5.32 Å². The zero-order valence-electron chi connectivity index (χ0n) is 8.54. The SMILES string of the molecule is COC(=O)C1CCC2(CNCCO2)C1. The number of ether oxygens (including phenoxy) is 2. The molecule has 0 amide bonds. The van der Waals surface area contributed by atoms with Gasteiger partial charge in [0, 0.05) is 13.1 Å². The molecule has 0 aromatic heterocycles. The minimum Gasteiger partial charge on any atom is -0.469 e. The van der Waals surface area contributed by atoms with E-state index in [0.717, 1.165) is 39.0 Å². The molecule has 0 aromatic rings. The van der Waals surface area contributed by atoms with Gasteiger partial charge in [0.1, 0.15) is 0 Å². The highest BCUT2D eigenvalue weighted by molar-refractivity contribution is 5.72. The van der Waals surface area contributed by atoms with Crippen LogP contribution in [0.4, 0.5) is 0 Å². The Balaban J connectivity index is 1.95. The van der Waals surface area contributed by atoms with E-state index in [4.69, 9.17) is 9.47 Å². The first kappa shape index (κ1) is 9.93. The molecule has 0 aromatic carbocycles. The molecule has 2 atom stereocenters. The molecule has 2 aliphatic rings. The van der Waals surface area contributed by atoms with Crippen LogP contribution in [-0.2, 0) is 14.3 Å². The molecule has 1 N–H and O–H groups in total. The fraction of sp³-hybridized carbons (Fsp3) is 0.900. The zero-order valence-corrected chi connectivity index (χ0v) is 8.54. The molecule has 4 heteroatoms. The van der Waals surface area contributed by atoms with E-state index in [0.29, 0.717) is 0 Å². The molecule has 2 fully saturated rings. The second kappa shape index (κ2) is 3.87. The van der Waals surface area contributed by atoms with Gasteiger partial charge in [-0.1, -0.05) is 0 Å². The quantitative estimate of drug-likeness (QED) is 0.618. The van der Waals surface area contributed by atoms with Gasteiger partial charge in [0.05, 0.1) is 25.2 Å². The van der Waals surface area contributed by atoms with Crippen LogP contribution >= 0.6 is 0 Å². The predicted octanol–water partition coefficient (Wildman–Crippen LogP) is 0.318. The first-order valence-electron chi connectivity index (χ1n) is 5.18. The molecule has 1 saturated heterocycles. The van der Waals surface area contributed by atoms with E-state index in [2.05, 4.69) is 5.32 Å². The van der Waals surface area contributed by atoms with Crippen molar-refractivity contribution >= 4 is 5.97 Å². The summed E-state index contributed by atoms with van der Waals surface area (Å²) in [6.07, 6.45) is 2.68. The van der Waals surface area contributed by atoms with Crippen LogP contribution in [0.2, 0.25) is 0 Å². The highest BCUT2D eigenvalue weighted by atomic mass is 16.5. The van der Waals surface area contributed by atoms with E-state index in [1.54, 1.807) is 0 Å². The third-order valence-electron chi connectivity index (χ3n) is 3.24. The number of rotatable bonds is 1. The van der Waals surface area contributed by atoms with Crippen molar-refractivity contribution in [2.24, 2.45) is 5.92 Å². The summed E-state index contributed by atoms with van der Waals surface area (Å²) in [6, 6.07) is 0. The molecule has 2 unspecified atom stereocenters.